The van der Waals surface area contributed by atoms with Crippen LogP contribution in [0.4, 0.5) is 9.39 Å². The first-order valence-electron chi connectivity index (χ1n) is 8.36. The topological polar surface area (TPSA) is 55.4 Å². The molecule has 0 bridgehead atoms. The summed E-state index contributed by atoms with van der Waals surface area (Å²) < 4.78 is 18.1. The Morgan fingerprint density at radius 1 is 1.16 bits per heavy atom. The van der Waals surface area contributed by atoms with Gasteiger partial charge in [-0.2, -0.15) is 0 Å². The van der Waals surface area contributed by atoms with Crippen molar-refractivity contribution >= 4 is 28.2 Å². The van der Waals surface area contributed by atoms with Crippen molar-refractivity contribution in [1.82, 2.24) is 0 Å². The molecule has 4 nitrogen and oxygen atoms in total. The minimum atomic E-state index is -0.514. The quantitative estimate of drug-likeness (QED) is 0.791. The third-order valence-electron chi connectivity index (χ3n) is 4.55. The number of benzene rings is 1. The normalized spacial score (nSPS) is 15.0. The van der Waals surface area contributed by atoms with E-state index >= 15 is 0 Å². The second kappa shape index (κ2) is 7.78. The zero-order chi connectivity index (χ0) is 17.8. The molecule has 1 saturated carbocycles. The fourth-order valence-corrected chi connectivity index (χ4v) is 4.14. The van der Waals surface area contributed by atoms with E-state index in [2.05, 4.69) is 5.32 Å². The molecule has 1 heterocycles. The van der Waals surface area contributed by atoms with Gasteiger partial charge in [0.05, 0.1) is 7.11 Å². The first kappa shape index (κ1) is 17.6. The van der Waals surface area contributed by atoms with Gasteiger partial charge in [-0.3, -0.25) is 4.79 Å². The lowest BCUT2D eigenvalue weighted by atomic mass is 9.88. The van der Waals surface area contributed by atoms with Crippen LogP contribution in [0.3, 0.4) is 0 Å². The minimum Gasteiger partial charge on any atom is -0.465 e. The third-order valence-corrected chi connectivity index (χ3v) is 5.44. The van der Waals surface area contributed by atoms with Gasteiger partial charge >= 0.3 is 5.97 Å². The number of carbonyl (C=O) groups is 2. The van der Waals surface area contributed by atoms with Crippen molar-refractivity contribution in [2.24, 2.45) is 5.92 Å². The third kappa shape index (κ3) is 3.90. The van der Waals surface area contributed by atoms with Crippen molar-refractivity contribution in [3.63, 3.8) is 0 Å². The number of rotatable bonds is 4. The number of hydrogen-bond donors (Lipinski definition) is 1. The molecule has 132 valence electrons. The van der Waals surface area contributed by atoms with Gasteiger partial charge in [0.2, 0.25) is 5.91 Å². The average molecular weight is 361 g/mol. The summed E-state index contributed by atoms with van der Waals surface area (Å²) in [6.45, 7) is 0. The molecule has 6 heteroatoms. The fourth-order valence-electron chi connectivity index (χ4n) is 3.18. The van der Waals surface area contributed by atoms with Crippen molar-refractivity contribution in [3.05, 3.63) is 41.0 Å². The summed E-state index contributed by atoms with van der Waals surface area (Å²) in [5.74, 6) is -0.906. The van der Waals surface area contributed by atoms with Gasteiger partial charge in [-0.1, -0.05) is 31.4 Å². The molecule has 0 saturated heterocycles. The summed E-state index contributed by atoms with van der Waals surface area (Å²) in [6.07, 6.45) is 5.07. The van der Waals surface area contributed by atoms with Crippen LogP contribution in [0.2, 0.25) is 0 Å². The van der Waals surface area contributed by atoms with E-state index in [4.69, 9.17) is 4.74 Å². The van der Waals surface area contributed by atoms with E-state index in [1.807, 2.05) is 0 Å². The number of nitrogens with one attached hydrogen (secondary N) is 1. The van der Waals surface area contributed by atoms with Crippen LogP contribution in [0.25, 0.3) is 11.1 Å². The van der Waals surface area contributed by atoms with Crippen LogP contribution >= 0.6 is 11.3 Å². The number of thiophene rings is 1. The molecule has 0 atom stereocenters. The zero-order valence-electron chi connectivity index (χ0n) is 14.0. The van der Waals surface area contributed by atoms with Crippen molar-refractivity contribution in [3.8, 4) is 11.1 Å². The molecule has 0 aliphatic heterocycles. The van der Waals surface area contributed by atoms with Crippen LogP contribution in [-0.4, -0.2) is 19.0 Å². The van der Waals surface area contributed by atoms with Gasteiger partial charge in [0.25, 0.3) is 0 Å². The summed E-state index contributed by atoms with van der Waals surface area (Å²) in [6, 6.07) is 5.90. The largest absolute Gasteiger partial charge is 0.465 e. The zero-order valence-corrected chi connectivity index (χ0v) is 14.8. The summed E-state index contributed by atoms with van der Waals surface area (Å²) >= 11 is 1.28. The lowest BCUT2D eigenvalue weighted by Crippen LogP contribution is -2.25. The minimum absolute atomic E-state index is 0.00406. The Morgan fingerprint density at radius 3 is 2.48 bits per heavy atom. The maximum atomic E-state index is 13.2. The van der Waals surface area contributed by atoms with Crippen molar-refractivity contribution < 1.29 is 18.7 Å². The highest BCUT2D eigenvalue weighted by Gasteiger charge is 2.26. The average Bonchev–Trinajstić information content (AvgIpc) is 3.06. The van der Waals surface area contributed by atoms with Gasteiger partial charge in [-0.25, -0.2) is 9.18 Å². The van der Waals surface area contributed by atoms with Gasteiger partial charge in [-0.05, 0) is 30.5 Å². The summed E-state index contributed by atoms with van der Waals surface area (Å²) in [5.41, 5.74) is 1.66. The number of carbonyl (C=O) groups excluding carboxylic acids is 2. The Bertz CT molecular complexity index is 763. The maximum absolute atomic E-state index is 13.2. The van der Waals surface area contributed by atoms with Crippen molar-refractivity contribution in [1.29, 1.82) is 0 Å². The molecule has 1 aliphatic carbocycles. The van der Waals surface area contributed by atoms with Crippen molar-refractivity contribution in [2.45, 2.75) is 32.1 Å². The number of methoxy groups -OCH3 is 1. The Balaban J connectivity index is 1.90. The van der Waals surface area contributed by atoms with E-state index in [1.54, 1.807) is 17.5 Å². The van der Waals surface area contributed by atoms with E-state index in [0.717, 1.165) is 25.7 Å². The Labute approximate surface area is 150 Å². The van der Waals surface area contributed by atoms with E-state index in [-0.39, 0.29) is 17.6 Å². The van der Waals surface area contributed by atoms with Crippen LogP contribution in [0.15, 0.2) is 29.6 Å². The highest BCUT2D eigenvalue weighted by atomic mass is 32.1. The molecule has 1 N–H and O–H groups in total. The van der Waals surface area contributed by atoms with Gasteiger partial charge in [0.15, 0.2) is 0 Å². The first-order chi connectivity index (χ1) is 12.1. The maximum Gasteiger partial charge on any atom is 0.341 e. The molecule has 2 aromatic rings. The van der Waals surface area contributed by atoms with Crippen LogP contribution < -0.4 is 5.32 Å². The molecule has 1 fully saturated rings. The Morgan fingerprint density at radius 2 is 1.84 bits per heavy atom. The number of amides is 1. The molecular formula is C19H20FNO3S. The standard InChI is InChI=1S/C19H20FNO3S/c1-24-19(23)16-15(12-7-9-14(20)10-8-12)11-25-18(16)21-17(22)13-5-3-2-4-6-13/h7-11,13H,2-6H2,1H3,(H,21,22). The molecular weight excluding hydrogens is 341 g/mol. The number of hydrogen-bond acceptors (Lipinski definition) is 4. The van der Waals surface area contributed by atoms with E-state index < -0.39 is 5.97 Å². The second-order valence-electron chi connectivity index (χ2n) is 6.18. The van der Waals surface area contributed by atoms with Gasteiger partial charge < -0.3 is 10.1 Å². The van der Waals surface area contributed by atoms with E-state index in [9.17, 15) is 14.0 Å². The second-order valence-corrected chi connectivity index (χ2v) is 7.06. The summed E-state index contributed by atoms with van der Waals surface area (Å²) in [5, 5.41) is 5.18. The molecule has 0 unspecified atom stereocenters. The Kier molecular flexibility index (Phi) is 5.48. The number of esters is 1. The molecule has 25 heavy (non-hydrogen) atoms. The summed E-state index contributed by atoms with van der Waals surface area (Å²) in [4.78, 5) is 24.8. The number of anilines is 1. The molecule has 0 radical (unpaired) electrons. The van der Waals surface area contributed by atoms with Gasteiger partial charge in [-0.15, -0.1) is 11.3 Å². The van der Waals surface area contributed by atoms with Crippen LogP contribution in [0.1, 0.15) is 42.5 Å². The van der Waals surface area contributed by atoms with Crippen molar-refractivity contribution in [2.75, 3.05) is 12.4 Å². The molecule has 1 amide bonds. The lowest BCUT2D eigenvalue weighted by Gasteiger charge is -2.20. The first-order valence-corrected chi connectivity index (χ1v) is 9.24. The number of halogens is 1. The molecule has 1 aliphatic rings. The Hall–Kier alpha value is -2.21. The van der Waals surface area contributed by atoms with E-state index in [0.29, 0.717) is 21.7 Å². The predicted octanol–water partition coefficient (Wildman–Crippen LogP) is 4.86. The van der Waals surface area contributed by atoms with E-state index in [1.165, 1.54) is 37.0 Å². The lowest BCUT2D eigenvalue weighted by molar-refractivity contribution is -0.120. The summed E-state index contributed by atoms with van der Waals surface area (Å²) in [7, 11) is 1.31. The molecule has 3 rings (SSSR count). The van der Waals surface area contributed by atoms with Crippen LogP contribution in [0, 0.1) is 11.7 Å². The van der Waals surface area contributed by atoms with Gasteiger partial charge in [0, 0.05) is 16.9 Å². The SMILES string of the molecule is COC(=O)c1c(-c2ccc(F)cc2)csc1NC(=O)C1CCCCC1. The monoisotopic (exact) mass is 361 g/mol. The molecule has 1 aromatic heterocycles. The van der Waals surface area contributed by atoms with Crippen LogP contribution in [0.5, 0.6) is 0 Å². The van der Waals surface area contributed by atoms with Crippen LogP contribution in [-0.2, 0) is 9.53 Å². The van der Waals surface area contributed by atoms with Gasteiger partial charge in [0.1, 0.15) is 16.4 Å². The fraction of sp³-hybridized carbons (Fsp3) is 0.368. The molecule has 1 aromatic carbocycles. The molecule has 0 spiro atoms. The smallest absolute Gasteiger partial charge is 0.341 e. The number of ether oxygens (including phenoxy) is 1. The highest BCUT2D eigenvalue weighted by Crippen LogP contribution is 2.37. The predicted molar refractivity (Wildman–Crippen MR) is 96.3 cm³/mol. The highest BCUT2D eigenvalue weighted by molar-refractivity contribution is 7.15.